The van der Waals surface area contributed by atoms with Crippen LogP contribution in [-0.2, 0) is 14.3 Å². The average molecular weight is 291 g/mol. The number of benzene rings is 1. The van der Waals surface area contributed by atoms with Crippen molar-refractivity contribution in [2.75, 3.05) is 20.2 Å². The summed E-state index contributed by atoms with van der Waals surface area (Å²) in [6, 6.07) is 9.27. The first kappa shape index (κ1) is 15.5. The Morgan fingerprint density at radius 3 is 2.52 bits per heavy atom. The van der Waals surface area contributed by atoms with Gasteiger partial charge in [-0.05, 0) is 17.9 Å². The normalized spacial score (nSPS) is 23.6. The van der Waals surface area contributed by atoms with Crippen molar-refractivity contribution >= 4 is 11.9 Å². The minimum Gasteiger partial charge on any atom is -0.481 e. The average Bonchev–Trinajstić information content (AvgIpc) is 2.48. The lowest BCUT2D eigenvalue weighted by atomic mass is 9.90. The van der Waals surface area contributed by atoms with Crippen LogP contribution in [0.2, 0.25) is 0 Å². The number of aliphatic carboxylic acids is 1. The number of nitrogens with zero attached hydrogens (tertiary/aromatic N) is 1. The van der Waals surface area contributed by atoms with E-state index in [0.29, 0.717) is 13.0 Å². The molecule has 0 bridgehead atoms. The number of carboxylic acids is 1. The Labute approximate surface area is 124 Å². The molecule has 114 valence electrons. The molecular weight excluding hydrogens is 270 g/mol. The number of amides is 1. The molecule has 1 aromatic carbocycles. The number of piperidine rings is 1. The molecule has 1 amide bonds. The van der Waals surface area contributed by atoms with Gasteiger partial charge in [0.25, 0.3) is 5.91 Å². The Morgan fingerprint density at radius 2 is 1.95 bits per heavy atom. The summed E-state index contributed by atoms with van der Waals surface area (Å²) in [6.07, 6.45) is -0.0619. The summed E-state index contributed by atoms with van der Waals surface area (Å²) in [5.74, 6) is -1.32. The van der Waals surface area contributed by atoms with Crippen molar-refractivity contribution in [2.45, 2.75) is 19.4 Å². The number of carboxylic acid groups (broad SMARTS) is 1. The highest BCUT2D eigenvalue weighted by Gasteiger charge is 2.35. The van der Waals surface area contributed by atoms with Gasteiger partial charge in [0.05, 0.1) is 5.92 Å². The first-order chi connectivity index (χ1) is 10.0. The van der Waals surface area contributed by atoms with Crippen LogP contribution in [0.25, 0.3) is 0 Å². The van der Waals surface area contributed by atoms with Crippen LogP contribution < -0.4 is 0 Å². The van der Waals surface area contributed by atoms with Gasteiger partial charge in [-0.2, -0.15) is 0 Å². The van der Waals surface area contributed by atoms with Crippen LogP contribution in [-0.4, -0.2) is 42.1 Å². The van der Waals surface area contributed by atoms with Crippen LogP contribution in [0.4, 0.5) is 0 Å². The SMILES string of the molecule is COC(C(=O)N1CC(C)CC(C(=O)O)C1)c1ccccc1. The summed E-state index contributed by atoms with van der Waals surface area (Å²) in [5, 5.41) is 9.20. The molecule has 1 aliphatic rings. The van der Waals surface area contributed by atoms with E-state index in [1.807, 2.05) is 37.3 Å². The summed E-state index contributed by atoms with van der Waals surface area (Å²) in [6.45, 7) is 2.81. The molecule has 21 heavy (non-hydrogen) atoms. The summed E-state index contributed by atoms with van der Waals surface area (Å²) < 4.78 is 5.34. The second-order valence-electron chi connectivity index (χ2n) is 5.65. The van der Waals surface area contributed by atoms with Crippen molar-refractivity contribution in [3.05, 3.63) is 35.9 Å². The van der Waals surface area contributed by atoms with E-state index >= 15 is 0 Å². The fraction of sp³-hybridized carbons (Fsp3) is 0.500. The zero-order valence-electron chi connectivity index (χ0n) is 12.4. The highest BCUT2D eigenvalue weighted by molar-refractivity contribution is 5.83. The molecule has 1 aliphatic heterocycles. The monoisotopic (exact) mass is 291 g/mol. The van der Waals surface area contributed by atoms with Crippen molar-refractivity contribution < 1.29 is 19.4 Å². The lowest BCUT2D eigenvalue weighted by molar-refractivity contribution is -0.151. The van der Waals surface area contributed by atoms with Crippen LogP contribution in [0.15, 0.2) is 30.3 Å². The summed E-state index contributed by atoms with van der Waals surface area (Å²) >= 11 is 0. The molecule has 3 unspecified atom stereocenters. The summed E-state index contributed by atoms with van der Waals surface area (Å²) in [5.41, 5.74) is 0.787. The second-order valence-corrected chi connectivity index (χ2v) is 5.65. The molecule has 3 atom stereocenters. The highest BCUT2D eigenvalue weighted by atomic mass is 16.5. The molecule has 1 fully saturated rings. The van der Waals surface area contributed by atoms with Crippen LogP contribution in [0.5, 0.6) is 0 Å². The maximum Gasteiger partial charge on any atom is 0.308 e. The highest BCUT2D eigenvalue weighted by Crippen LogP contribution is 2.26. The molecule has 0 aliphatic carbocycles. The smallest absolute Gasteiger partial charge is 0.308 e. The van der Waals surface area contributed by atoms with E-state index in [4.69, 9.17) is 4.74 Å². The minimum atomic E-state index is -0.840. The van der Waals surface area contributed by atoms with Crippen molar-refractivity contribution in [3.63, 3.8) is 0 Å². The van der Waals surface area contributed by atoms with Crippen molar-refractivity contribution in [3.8, 4) is 0 Å². The van der Waals surface area contributed by atoms with E-state index < -0.39 is 18.0 Å². The van der Waals surface area contributed by atoms with Crippen molar-refractivity contribution in [2.24, 2.45) is 11.8 Å². The molecule has 1 N–H and O–H groups in total. The van der Waals surface area contributed by atoms with E-state index in [1.165, 1.54) is 7.11 Å². The lowest BCUT2D eigenvalue weighted by Gasteiger charge is -2.36. The number of carbonyl (C=O) groups excluding carboxylic acids is 1. The maximum atomic E-state index is 12.7. The Kier molecular flexibility index (Phi) is 4.96. The van der Waals surface area contributed by atoms with Gasteiger partial charge in [-0.25, -0.2) is 0 Å². The van der Waals surface area contributed by atoms with E-state index in [9.17, 15) is 14.7 Å². The molecule has 2 rings (SSSR count). The van der Waals surface area contributed by atoms with Gasteiger partial charge >= 0.3 is 5.97 Å². The molecule has 0 spiro atoms. The van der Waals surface area contributed by atoms with E-state index in [-0.39, 0.29) is 18.4 Å². The fourth-order valence-electron chi connectivity index (χ4n) is 2.88. The zero-order valence-corrected chi connectivity index (χ0v) is 12.4. The van der Waals surface area contributed by atoms with Gasteiger partial charge < -0.3 is 14.7 Å². The molecule has 0 radical (unpaired) electrons. The van der Waals surface area contributed by atoms with E-state index in [1.54, 1.807) is 4.90 Å². The zero-order chi connectivity index (χ0) is 15.4. The first-order valence-electron chi connectivity index (χ1n) is 7.12. The molecule has 0 saturated carbocycles. The van der Waals surface area contributed by atoms with Crippen LogP contribution in [0.3, 0.4) is 0 Å². The number of likely N-dealkylation sites (tertiary alicyclic amines) is 1. The summed E-state index contributed by atoms with van der Waals surface area (Å²) in [4.78, 5) is 25.5. The second kappa shape index (κ2) is 6.72. The Bertz CT molecular complexity index is 502. The third-order valence-corrected chi connectivity index (χ3v) is 3.88. The number of hydrogen-bond acceptors (Lipinski definition) is 3. The number of ether oxygens (including phenoxy) is 1. The van der Waals surface area contributed by atoms with Crippen molar-refractivity contribution in [1.82, 2.24) is 4.90 Å². The predicted octanol–water partition coefficient (Wildman–Crippen LogP) is 1.94. The van der Waals surface area contributed by atoms with Gasteiger partial charge in [-0.3, -0.25) is 9.59 Å². The molecule has 1 saturated heterocycles. The van der Waals surface area contributed by atoms with Crippen LogP contribution in [0.1, 0.15) is 25.0 Å². The van der Waals surface area contributed by atoms with Gasteiger partial charge in [-0.15, -0.1) is 0 Å². The predicted molar refractivity (Wildman–Crippen MR) is 77.7 cm³/mol. The van der Waals surface area contributed by atoms with Gasteiger partial charge in [0.2, 0.25) is 0 Å². The fourth-order valence-corrected chi connectivity index (χ4v) is 2.88. The maximum absolute atomic E-state index is 12.7. The van der Waals surface area contributed by atoms with Crippen LogP contribution >= 0.6 is 0 Å². The Balaban J connectivity index is 2.15. The molecule has 1 heterocycles. The number of carbonyl (C=O) groups is 2. The molecular formula is C16H21NO4. The lowest BCUT2D eigenvalue weighted by Crippen LogP contribution is -2.47. The van der Waals surface area contributed by atoms with Gasteiger partial charge in [0.1, 0.15) is 0 Å². The number of rotatable bonds is 4. The molecule has 5 heteroatoms. The quantitative estimate of drug-likeness (QED) is 0.920. The van der Waals surface area contributed by atoms with Gasteiger partial charge in [-0.1, -0.05) is 37.3 Å². The number of methoxy groups -OCH3 is 1. The standard InChI is InChI=1S/C16H21NO4/c1-11-8-13(16(19)20)10-17(9-11)15(18)14(21-2)12-6-4-3-5-7-12/h3-7,11,13-14H,8-10H2,1-2H3,(H,19,20). The Morgan fingerprint density at radius 1 is 1.29 bits per heavy atom. The number of hydrogen-bond donors (Lipinski definition) is 1. The van der Waals surface area contributed by atoms with Gasteiger partial charge in [0.15, 0.2) is 6.10 Å². The summed E-state index contributed by atoms with van der Waals surface area (Å²) in [7, 11) is 1.50. The Hall–Kier alpha value is -1.88. The van der Waals surface area contributed by atoms with E-state index in [0.717, 1.165) is 5.56 Å². The van der Waals surface area contributed by atoms with Gasteiger partial charge in [0, 0.05) is 20.2 Å². The largest absolute Gasteiger partial charge is 0.481 e. The molecule has 0 aromatic heterocycles. The third kappa shape index (κ3) is 3.61. The molecule has 5 nitrogen and oxygen atoms in total. The molecule has 1 aromatic rings. The van der Waals surface area contributed by atoms with Crippen molar-refractivity contribution in [1.29, 1.82) is 0 Å². The topological polar surface area (TPSA) is 66.8 Å². The van der Waals surface area contributed by atoms with E-state index in [2.05, 4.69) is 0 Å². The third-order valence-electron chi connectivity index (χ3n) is 3.88. The van der Waals surface area contributed by atoms with Crippen LogP contribution in [0, 0.1) is 11.8 Å². The minimum absolute atomic E-state index is 0.165. The first-order valence-corrected chi connectivity index (χ1v) is 7.12.